The first-order chi connectivity index (χ1) is 8.36. The molecule has 0 aliphatic rings. The lowest BCUT2D eigenvalue weighted by atomic mass is 10.0. The Bertz CT molecular complexity index is 402. The van der Waals surface area contributed by atoms with Gasteiger partial charge < -0.3 is 10.6 Å². The van der Waals surface area contributed by atoms with Crippen molar-refractivity contribution in [3.8, 4) is 0 Å². The van der Waals surface area contributed by atoms with Gasteiger partial charge in [-0.15, -0.1) is 0 Å². The molecule has 0 amide bonds. The summed E-state index contributed by atoms with van der Waals surface area (Å²) in [7, 11) is 2.05. The maximum atomic E-state index is 13.6. The number of nitrogens with zero attached hydrogens (tertiary/aromatic N) is 1. The highest BCUT2D eigenvalue weighted by Crippen LogP contribution is 2.28. The molecule has 2 atom stereocenters. The smallest absolute Gasteiger partial charge is 0.126 e. The van der Waals surface area contributed by atoms with Crippen LogP contribution in [0, 0.1) is 18.7 Å². The average molecular weight is 252 g/mol. The summed E-state index contributed by atoms with van der Waals surface area (Å²) in [6.45, 7) is 9.05. The van der Waals surface area contributed by atoms with Crippen molar-refractivity contribution in [3.63, 3.8) is 0 Å². The Morgan fingerprint density at radius 2 is 1.94 bits per heavy atom. The second-order valence-electron chi connectivity index (χ2n) is 5.34. The van der Waals surface area contributed by atoms with Crippen LogP contribution in [0.15, 0.2) is 12.1 Å². The Labute approximate surface area is 110 Å². The van der Waals surface area contributed by atoms with Gasteiger partial charge in [-0.1, -0.05) is 20.3 Å². The molecule has 2 nitrogen and oxygen atoms in total. The number of hydrogen-bond donors (Lipinski definition) is 1. The van der Waals surface area contributed by atoms with Crippen molar-refractivity contribution < 1.29 is 4.39 Å². The molecule has 0 bridgehead atoms. The van der Waals surface area contributed by atoms with Crippen molar-refractivity contribution in [2.45, 2.75) is 40.2 Å². The number of halogens is 1. The molecule has 0 heterocycles. The van der Waals surface area contributed by atoms with E-state index in [1.807, 2.05) is 20.0 Å². The van der Waals surface area contributed by atoms with Gasteiger partial charge >= 0.3 is 0 Å². The van der Waals surface area contributed by atoms with E-state index in [1.54, 1.807) is 13.0 Å². The number of rotatable bonds is 5. The van der Waals surface area contributed by atoms with Gasteiger partial charge in [-0.3, -0.25) is 0 Å². The SMILES string of the molecule is CCC(C)CN(C)c1cc(C)c(F)cc1[C@@H](C)N. The number of benzene rings is 1. The quantitative estimate of drug-likeness (QED) is 0.867. The highest BCUT2D eigenvalue weighted by Gasteiger charge is 2.15. The summed E-state index contributed by atoms with van der Waals surface area (Å²) in [5.41, 5.74) is 8.54. The van der Waals surface area contributed by atoms with Crippen LogP contribution in [-0.2, 0) is 0 Å². The van der Waals surface area contributed by atoms with Crippen LogP contribution in [0.25, 0.3) is 0 Å². The van der Waals surface area contributed by atoms with Gasteiger partial charge in [-0.05, 0) is 43.0 Å². The second-order valence-corrected chi connectivity index (χ2v) is 5.34. The molecule has 1 rings (SSSR count). The molecule has 3 heteroatoms. The minimum absolute atomic E-state index is 0.158. The van der Waals surface area contributed by atoms with Gasteiger partial charge in [0.2, 0.25) is 0 Å². The molecule has 0 saturated carbocycles. The minimum atomic E-state index is -0.178. The van der Waals surface area contributed by atoms with Crippen molar-refractivity contribution in [1.82, 2.24) is 0 Å². The van der Waals surface area contributed by atoms with Gasteiger partial charge in [0.25, 0.3) is 0 Å². The number of nitrogens with two attached hydrogens (primary N) is 1. The van der Waals surface area contributed by atoms with Crippen LogP contribution < -0.4 is 10.6 Å². The first-order valence-electron chi connectivity index (χ1n) is 6.63. The van der Waals surface area contributed by atoms with Crippen molar-refractivity contribution in [1.29, 1.82) is 0 Å². The second kappa shape index (κ2) is 6.19. The molecule has 18 heavy (non-hydrogen) atoms. The molecule has 1 unspecified atom stereocenters. The van der Waals surface area contributed by atoms with Crippen molar-refractivity contribution in [2.24, 2.45) is 11.7 Å². The topological polar surface area (TPSA) is 29.3 Å². The Hall–Kier alpha value is -1.09. The van der Waals surface area contributed by atoms with Gasteiger partial charge in [0.15, 0.2) is 0 Å². The van der Waals surface area contributed by atoms with Crippen LogP contribution in [0.3, 0.4) is 0 Å². The fourth-order valence-electron chi connectivity index (χ4n) is 2.07. The fraction of sp³-hybridized carbons (Fsp3) is 0.600. The first kappa shape index (κ1) is 15.0. The summed E-state index contributed by atoms with van der Waals surface area (Å²) >= 11 is 0. The molecule has 0 aliphatic carbocycles. The molecule has 1 aromatic carbocycles. The molecule has 0 aliphatic heterocycles. The van der Waals surface area contributed by atoms with Gasteiger partial charge in [-0.25, -0.2) is 4.39 Å². The number of aryl methyl sites for hydroxylation is 1. The lowest BCUT2D eigenvalue weighted by Crippen LogP contribution is -2.26. The van der Waals surface area contributed by atoms with Crippen LogP contribution in [-0.4, -0.2) is 13.6 Å². The molecule has 0 saturated heterocycles. The molecular formula is C15H25FN2. The first-order valence-corrected chi connectivity index (χ1v) is 6.63. The van der Waals surface area contributed by atoms with Crippen molar-refractivity contribution in [2.75, 3.05) is 18.5 Å². The van der Waals surface area contributed by atoms with E-state index in [1.165, 1.54) is 0 Å². The highest BCUT2D eigenvalue weighted by molar-refractivity contribution is 5.56. The number of hydrogen-bond acceptors (Lipinski definition) is 2. The summed E-state index contributed by atoms with van der Waals surface area (Å²) in [4.78, 5) is 2.18. The lowest BCUT2D eigenvalue weighted by Gasteiger charge is -2.27. The molecule has 0 aromatic heterocycles. The normalized spacial score (nSPS) is 14.4. The van der Waals surface area contributed by atoms with Gasteiger partial charge in [0.1, 0.15) is 5.82 Å². The zero-order valence-corrected chi connectivity index (χ0v) is 12.1. The molecule has 0 fully saturated rings. The Morgan fingerprint density at radius 3 is 2.44 bits per heavy atom. The summed E-state index contributed by atoms with van der Waals surface area (Å²) in [6, 6.07) is 3.31. The summed E-state index contributed by atoms with van der Waals surface area (Å²) in [5, 5.41) is 0. The van der Waals surface area contributed by atoms with E-state index in [4.69, 9.17) is 5.73 Å². The third kappa shape index (κ3) is 3.45. The summed E-state index contributed by atoms with van der Waals surface area (Å²) in [6.07, 6.45) is 1.14. The fourth-order valence-corrected chi connectivity index (χ4v) is 2.07. The molecule has 102 valence electrons. The summed E-state index contributed by atoms with van der Waals surface area (Å²) < 4.78 is 13.6. The zero-order valence-electron chi connectivity index (χ0n) is 12.1. The summed E-state index contributed by atoms with van der Waals surface area (Å²) in [5.74, 6) is 0.435. The van der Waals surface area contributed by atoms with E-state index in [-0.39, 0.29) is 11.9 Å². The largest absolute Gasteiger partial charge is 0.374 e. The van der Waals surface area contributed by atoms with E-state index in [2.05, 4.69) is 18.7 Å². The van der Waals surface area contributed by atoms with Crippen molar-refractivity contribution in [3.05, 3.63) is 29.1 Å². The maximum absolute atomic E-state index is 13.6. The van der Waals surface area contributed by atoms with Gasteiger partial charge in [0, 0.05) is 25.3 Å². The van der Waals surface area contributed by atoms with Crippen molar-refractivity contribution >= 4 is 5.69 Å². The third-order valence-electron chi connectivity index (χ3n) is 3.49. The predicted molar refractivity (Wildman–Crippen MR) is 76.5 cm³/mol. The molecule has 1 aromatic rings. The van der Waals surface area contributed by atoms with Crippen LogP contribution >= 0.6 is 0 Å². The molecular weight excluding hydrogens is 227 g/mol. The van der Waals surface area contributed by atoms with Crippen LogP contribution in [0.4, 0.5) is 10.1 Å². The lowest BCUT2D eigenvalue weighted by molar-refractivity contribution is 0.557. The van der Waals surface area contributed by atoms with Gasteiger partial charge in [0.05, 0.1) is 0 Å². The number of anilines is 1. The van der Waals surface area contributed by atoms with E-state index < -0.39 is 0 Å². The molecule has 0 radical (unpaired) electrons. The van der Waals surface area contributed by atoms with E-state index >= 15 is 0 Å². The Kier molecular flexibility index (Phi) is 5.15. The third-order valence-corrected chi connectivity index (χ3v) is 3.49. The minimum Gasteiger partial charge on any atom is -0.374 e. The monoisotopic (exact) mass is 252 g/mol. The zero-order chi connectivity index (χ0) is 13.9. The van der Waals surface area contributed by atoms with Crippen LogP contribution in [0.2, 0.25) is 0 Å². The predicted octanol–water partition coefficient (Wildman–Crippen LogP) is 3.64. The molecule has 0 spiro atoms. The standard InChI is InChI=1S/C15H25FN2/c1-6-10(2)9-18(5)15-7-11(3)14(16)8-13(15)12(4)17/h7-8,10,12H,6,9,17H2,1-5H3/t10?,12-/m1/s1. The van der Waals surface area contributed by atoms with E-state index in [0.717, 1.165) is 24.2 Å². The Balaban J connectivity index is 3.09. The Morgan fingerprint density at radius 1 is 1.33 bits per heavy atom. The van der Waals surface area contributed by atoms with E-state index in [9.17, 15) is 4.39 Å². The maximum Gasteiger partial charge on any atom is 0.126 e. The van der Waals surface area contributed by atoms with Crippen LogP contribution in [0.1, 0.15) is 44.4 Å². The highest BCUT2D eigenvalue weighted by atomic mass is 19.1. The van der Waals surface area contributed by atoms with Crippen LogP contribution in [0.5, 0.6) is 0 Å². The van der Waals surface area contributed by atoms with E-state index in [0.29, 0.717) is 11.5 Å². The average Bonchev–Trinajstić information content (AvgIpc) is 2.31. The molecule has 2 N–H and O–H groups in total. The van der Waals surface area contributed by atoms with Gasteiger partial charge in [-0.2, -0.15) is 0 Å².